The van der Waals surface area contributed by atoms with Gasteiger partial charge in [0.15, 0.2) is 11.6 Å². The first kappa shape index (κ1) is 12.3. The van der Waals surface area contributed by atoms with Crippen LogP contribution in [0.1, 0.15) is 5.56 Å². The number of halogens is 2. The lowest BCUT2D eigenvalue weighted by Crippen LogP contribution is -1.90. The van der Waals surface area contributed by atoms with Crippen LogP contribution in [0.3, 0.4) is 0 Å². The number of methoxy groups -OCH3 is 1. The summed E-state index contributed by atoms with van der Waals surface area (Å²) >= 11 is 5.74. The van der Waals surface area contributed by atoms with E-state index in [0.29, 0.717) is 11.1 Å². The van der Waals surface area contributed by atoms with Crippen molar-refractivity contribution >= 4 is 11.6 Å². The molecule has 0 amide bonds. The van der Waals surface area contributed by atoms with Crippen molar-refractivity contribution in [3.8, 4) is 22.9 Å². The summed E-state index contributed by atoms with van der Waals surface area (Å²) in [5, 5.41) is 8.99. The molecule has 0 aliphatic carbocycles. The Hall–Kier alpha value is -2.12. The fraction of sp³-hybridized carbons (Fsp3) is 0.0769. The van der Waals surface area contributed by atoms with Gasteiger partial charge in [-0.15, -0.1) is 0 Å². The van der Waals surface area contributed by atoms with Crippen molar-refractivity contribution in [1.29, 1.82) is 5.26 Å². The van der Waals surface area contributed by atoms with Crippen molar-refractivity contribution in [2.75, 3.05) is 7.11 Å². The van der Waals surface area contributed by atoms with E-state index in [0.717, 1.165) is 0 Å². The number of nitriles is 1. The molecule has 1 aromatic carbocycles. The Bertz CT molecular complexity index is 637. The molecular weight excluding hydrogens is 255 g/mol. The third kappa shape index (κ3) is 2.27. The van der Waals surface area contributed by atoms with E-state index in [9.17, 15) is 4.39 Å². The number of nitrogens with zero attached hydrogens (tertiary/aromatic N) is 2. The van der Waals surface area contributed by atoms with Crippen molar-refractivity contribution in [2.45, 2.75) is 0 Å². The highest BCUT2D eigenvalue weighted by molar-refractivity contribution is 6.30. The van der Waals surface area contributed by atoms with Gasteiger partial charge >= 0.3 is 0 Å². The average Bonchev–Trinajstić information content (AvgIpc) is 2.39. The van der Waals surface area contributed by atoms with E-state index in [1.165, 1.54) is 25.4 Å². The lowest BCUT2D eigenvalue weighted by Gasteiger charge is -2.06. The first-order valence-electron chi connectivity index (χ1n) is 5.05. The summed E-state index contributed by atoms with van der Waals surface area (Å²) < 4.78 is 18.4. The lowest BCUT2D eigenvalue weighted by molar-refractivity contribution is 0.386. The first-order valence-corrected chi connectivity index (χ1v) is 5.43. The number of aromatic nitrogens is 1. The van der Waals surface area contributed by atoms with Crippen molar-refractivity contribution in [3.63, 3.8) is 0 Å². The van der Waals surface area contributed by atoms with E-state index in [2.05, 4.69) is 4.98 Å². The van der Waals surface area contributed by atoms with Crippen LogP contribution in [0.2, 0.25) is 5.15 Å². The van der Waals surface area contributed by atoms with E-state index >= 15 is 0 Å². The smallest absolute Gasteiger partial charge is 0.165 e. The van der Waals surface area contributed by atoms with Crippen LogP contribution in [-0.4, -0.2) is 12.1 Å². The molecule has 2 aromatic rings. The summed E-state index contributed by atoms with van der Waals surface area (Å²) in [6, 6.07) is 8.03. The van der Waals surface area contributed by atoms with Gasteiger partial charge in [0.25, 0.3) is 0 Å². The van der Waals surface area contributed by atoms with Gasteiger partial charge in [0, 0.05) is 11.8 Å². The fourth-order valence-electron chi connectivity index (χ4n) is 1.53. The monoisotopic (exact) mass is 262 g/mol. The molecule has 0 spiro atoms. The van der Waals surface area contributed by atoms with Gasteiger partial charge in [0.2, 0.25) is 0 Å². The Morgan fingerprint density at radius 3 is 2.72 bits per heavy atom. The van der Waals surface area contributed by atoms with E-state index < -0.39 is 5.82 Å². The van der Waals surface area contributed by atoms with E-state index in [1.54, 1.807) is 12.1 Å². The van der Waals surface area contributed by atoms with Gasteiger partial charge in [-0.2, -0.15) is 5.26 Å². The molecule has 3 nitrogen and oxygen atoms in total. The average molecular weight is 263 g/mol. The largest absolute Gasteiger partial charge is 0.494 e. The van der Waals surface area contributed by atoms with E-state index in [1.807, 2.05) is 6.07 Å². The zero-order valence-corrected chi connectivity index (χ0v) is 10.2. The molecule has 5 heteroatoms. The zero-order chi connectivity index (χ0) is 13.1. The highest BCUT2D eigenvalue weighted by atomic mass is 35.5. The van der Waals surface area contributed by atoms with Crippen molar-refractivity contribution in [1.82, 2.24) is 4.98 Å². The van der Waals surface area contributed by atoms with Crippen LogP contribution in [0.5, 0.6) is 5.75 Å². The Balaban J connectivity index is 2.49. The van der Waals surface area contributed by atoms with Crippen molar-refractivity contribution in [2.24, 2.45) is 0 Å². The molecule has 0 radical (unpaired) electrons. The molecule has 18 heavy (non-hydrogen) atoms. The number of pyridine rings is 1. The van der Waals surface area contributed by atoms with Gasteiger partial charge in [-0.3, -0.25) is 0 Å². The van der Waals surface area contributed by atoms with Crippen molar-refractivity contribution < 1.29 is 9.13 Å². The Morgan fingerprint density at radius 1 is 1.33 bits per heavy atom. The van der Waals surface area contributed by atoms with Gasteiger partial charge < -0.3 is 4.74 Å². The molecule has 0 aliphatic rings. The second kappa shape index (κ2) is 5.03. The molecule has 1 heterocycles. The van der Waals surface area contributed by atoms with E-state index in [4.69, 9.17) is 21.6 Å². The third-order valence-electron chi connectivity index (χ3n) is 2.44. The Labute approximate surface area is 108 Å². The molecule has 0 fully saturated rings. The minimum Gasteiger partial charge on any atom is -0.494 e. The minimum atomic E-state index is -0.469. The summed E-state index contributed by atoms with van der Waals surface area (Å²) in [5.41, 5.74) is 1.48. The van der Waals surface area contributed by atoms with Gasteiger partial charge in [-0.05, 0) is 23.8 Å². The minimum absolute atomic E-state index is 0.134. The number of benzene rings is 1. The van der Waals surface area contributed by atoms with Crippen LogP contribution in [0, 0.1) is 17.1 Å². The number of rotatable bonds is 2. The molecule has 0 N–H and O–H groups in total. The van der Waals surface area contributed by atoms with Crippen LogP contribution >= 0.6 is 11.6 Å². The normalized spacial score (nSPS) is 9.89. The number of hydrogen-bond acceptors (Lipinski definition) is 3. The standard InChI is InChI=1S/C13H8ClFN2O/c1-18-12-3-2-8(5-11(12)15)10-4-9(6-16)13(14)17-7-10/h2-5,7H,1H3. The quantitative estimate of drug-likeness (QED) is 0.779. The van der Waals surface area contributed by atoms with Crippen LogP contribution < -0.4 is 4.74 Å². The maximum absolute atomic E-state index is 13.6. The van der Waals surface area contributed by atoms with Gasteiger partial charge in [-0.25, -0.2) is 9.37 Å². The molecule has 1 aromatic heterocycles. The molecule has 2 rings (SSSR count). The Morgan fingerprint density at radius 2 is 2.11 bits per heavy atom. The van der Waals surface area contributed by atoms with Crippen molar-refractivity contribution in [3.05, 3.63) is 47.0 Å². The van der Waals surface area contributed by atoms with Crippen LogP contribution in [-0.2, 0) is 0 Å². The lowest BCUT2D eigenvalue weighted by atomic mass is 10.1. The number of hydrogen-bond donors (Lipinski definition) is 0. The summed E-state index contributed by atoms with van der Waals surface area (Å²) in [4.78, 5) is 3.89. The predicted octanol–water partition coefficient (Wildman–Crippen LogP) is 3.42. The van der Waals surface area contributed by atoms with Gasteiger partial charge in [-0.1, -0.05) is 17.7 Å². The predicted molar refractivity (Wildman–Crippen MR) is 65.9 cm³/mol. The molecular formula is C13H8ClFN2O. The first-order chi connectivity index (χ1) is 8.65. The molecule has 0 saturated heterocycles. The van der Waals surface area contributed by atoms with E-state index in [-0.39, 0.29) is 16.5 Å². The second-order valence-corrected chi connectivity index (χ2v) is 3.88. The maximum atomic E-state index is 13.6. The SMILES string of the molecule is COc1ccc(-c2cnc(Cl)c(C#N)c2)cc1F. The molecule has 0 bridgehead atoms. The molecule has 0 saturated carbocycles. The summed E-state index contributed by atoms with van der Waals surface area (Å²) in [5.74, 6) is -0.301. The van der Waals surface area contributed by atoms with Crippen LogP contribution in [0.25, 0.3) is 11.1 Å². The molecule has 90 valence electrons. The van der Waals surface area contributed by atoms with Gasteiger partial charge in [0.1, 0.15) is 11.2 Å². The number of ether oxygens (including phenoxy) is 1. The summed E-state index contributed by atoms with van der Waals surface area (Å²) in [6.07, 6.45) is 1.49. The highest BCUT2D eigenvalue weighted by Gasteiger charge is 2.08. The second-order valence-electron chi connectivity index (χ2n) is 3.52. The highest BCUT2D eigenvalue weighted by Crippen LogP contribution is 2.26. The van der Waals surface area contributed by atoms with Gasteiger partial charge in [0.05, 0.1) is 12.7 Å². The Kier molecular flexibility index (Phi) is 3.45. The maximum Gasteiger partial charge on any atom is 0.165 e. The van der Waals surface area contributed by atoms with Crippen LogP contribution in [0.4, 0.5) is 4.39 Å². The third-order valence-corrected chi connectivity index (χ3v) is 2.75. The fourth-order valence-corrected chi connectivity index (χ4v) is 1.68. The van der Waals surface area contributed by atoms with Crippen LogP contribution in [0.15, 0.2) is 30.5 Å². The summed E-state index contributed by atoms with van der Waals surface area (Å²) in [6.45, 7) is 0. The topological polar surface area (TPSA) is 45.9 Å². The molecule has 0 atom stereocenters. The zero-order valence-electron chi connectivity index (χ0n) is 9.45. The summed E-state index contributed by atoms with van der Waals surface area (Å²) in [7, 11) is 1.40. The molecule has 0 unspecified atom stereocenters. The molecule has 0 aliphatic heterocycles.